The Hall–Kier alpha value is -4.23. The van der Waals surface area contributed by atoms with Gasteiger partial charge in [-0.05, 0) is 49.2 Å². The van der Waals surface area contributed by atoms with Crippen LogP contribution in [-0.2, 0) is 4.79 Å². The molecule has 0 spiro atoms. The average molecular weight is 497 g/mol. The van der Waals surface area contributed by atoms with E-state index in [0.29, 0.717) is 32.6 Å². The summed E-state index contributed by atoms with van der Waals surface area (Å²) in [6.45, 7) is 3.70. The molecule has 1 N–H and O–H groups in total. The highest BCUT2D eigenvalue weighted by Gasteiger charge is 2.45. The highest BCUT2D eigenvalue weighted by molar-refractivity contribution is 7.17. The molecule has 1 unspecified atom stereocenters. The lowest BCUT2D eigenvalue weighted by atomic mass is 9.94. The molecule has 2 heterocycles. The molecule has 180 valence electrons. The molecule has 0 bridgehead atoms. The third-order valence-corrected chi connectivity index (χ3v) is 7.39. The molecule has 0 radical (unpaired) electrons. The summed E-state index contributed by atoms with van der Waals surface area (Å²) < 4.78 is 5.29. The molecule has 3 aromatic carbocycles. The number of hydrogen-bond acceptors (Lipinski definition) is 6. The van der Waals surface area contributed by atoms with Gasteiger partial charge in [0.1, 0.15) is 10.8 Å². The van der Waals surface area contributed by atoms with E-state index in [-0.39, 0.29) is 5.57 Å². The van der Waals surface area contributed by atoms with Crippen molar-refractivity contribution in [1.82, 2.24) is 4.98 Å². The fourth-order valence-electron chi connectivity index (χ4n) is 4.42. The number of amides is 1. The van der Waals surface area contributed by atoms with Gasteiger partial charge in [0.05, 0.1) is 29.3 Å². The van der Waals surface area contributed by atoms with E-state index in [1.165, 1.54) is 16.2 Å². The van der Waals surface area contributed by atoms with Crippen molar-refractivity contribution < 1.29 is 19.4 Å². The van der Waals surface area contributed by atoms with Gasteiger partial charge in [0.25, 0.3) is 5.91 Å². The maximum Gasteiger partial charge on any atom is 0.294 e. The topological polar surface area (TPSA) is 79.7 Å². The average Bonchev–Trinajstić information content (AvgIpc) is 3.41. The van der Waals surface area contributed by atoms with E-state index in [9.17, 15) is 14.7 Å². The number of aryl methyl sites for hydroxylation is 2. The molecule has 1 amide bonds. The highest BCUT2D eigenvalue weighted by atomic mass is 32.1. The second-order valence-electron chi connectivity index (χ2n) is 8.58. The van der Waals surface area contributed by atoms with E-state index >= 15 is 0 Å². The van der Waals surface area contributed by atoms with Crippen LogP contribution in [0.1, 0.15) is 32.5 Å². The minimum absolute atomic E-state index is 0.0398. The highest BCUT2D eigenvalue weighted by Crippen LogP contribution is 2.43. The number of aromatic nitrogens is 1. The number of methoxy groups -OCH3 is 1. The molecule has 0 saturated heterocycles. The number of thiazole rings is 1. The summed E-state index contributed by atoms with van der Waals surface area (Å²) in [5.41, 5.74) is 3.74. The first-order valence-electron chi connectivity index (χ1n) is 11.4. The predicted molar refractivity (Wildman–Crippen MR) is 141 cm³/mol. The summed E-state index contributed by atoms with van der Waals surface area (Å²) in [4.78, 5) is 33.9. The van der Waals surface area contributed by atoms with Crippen molar-refractivity contribution in [2.24, 2.45) is 0 Å². The van der Waals surface area contributed by atoms with E-state index in [0.717, 1.165) is 11.1 Å². The number of nitrogens with zero attached hydrogens (tertiary/aromatic N) is 2. The van der Waals surface area contributed by atoms with Crippen LogP contribution >= 0.6 is 11.3 Å². The zero-order valence-corrected chi connectivity index (χ0v) is 20.9. The summed E-state index contributed by atoms with van der Waals surface area (Å²) in [6.07, 6.45) is 0. The van der Waals surface area contributed by atoms with Crippen LogP contribution in [0.4, 0.5) is 5.69 Å². The van der Waals surface area contributed by atoms with Crippen molar-refractivity contribution in [3.63, 3.8) is 0 Å². The van der Waals surface area contributed by atoms with Crippen LogP contribution in [0.3, 0.4) is 0 Å². The Kier molecular flexibility index (Phi) is 6.16. The normalized spacial score (nSPS) is 15.5. The number of aliphatic hydroxyl groups is 1. The molecule has 6 nitrogen and oxygen atoms in total. The first kappa shape index (κ1) is 23.5. The minimum atomic E-state index is -0.806. The van der Waals surface area contributed by atoms with Crippen LogP contribution in [0, 0.1) is 13.8 Å². The number of rotatable bonds is 6. The molecular formula is C29H24N2O4S. The van der Waals surface area contributed by atoms with Gasteiger partial charge >= 0.3 is 0 Å². The molecule has 4 aromatic rings. The number of anilines is 1. The monoisotopic (exact) mass is 496 g/mol. The molecule has 1 aliphatic rings. The molecular weight excluding hydrogens is 472 g/mol. The number of aliphatic hydroxyl groups excluding tert-OH is 1. The number of Topliss-reactive ketones (excluding diaryl/α,β-unsaturated/α-hetero) is 1. The van der Waals surface area contributed by atoms with Crippen LogP contribution < -0.4 is 9.64 Å². The maximum absolute atomic E-state index is 14.0. The predicted octanol–water partition coefficient (Wildman–Crippen LogP) is 6.22. The van der Waals surface area contributed by atoms with Gasteiger partial charge in [0, 0.05) is 11.3 Å². The summed E-state index contributed by atoms with van der Waals surface area (Å²) >= 11 is 1.26. The number of carbonyl (C=O) groups is 2. The van der Waals surface area contributed by atoms with Gasteiger partial charge < -0.3 is 9.84 Å². The fourth-order valence-corrected chi connectivity index (χ4v) is 5.44. The molecule has 5 rings (SSSR count). The number of benzene rings is 3. The standard InChI is InChI=1S/C29H24N2O4S/c1-17-8-7-11-21(16-17)31-24(19-12-14-22(35-3)15-13-19)23(26(33)29(31)34)25(32)27-18(2)30-28(36-27)20-9-5-4-6-10-20/h4-16,24,33H,1-3H3. The van der Waals surface area contributed by atoms with Gasteiger partial charge in [-0.1, -0.05) is 54.6 Å². The second kappa shape index (κ2) is 9.43. The molecule has 0 aliphatic carbocycles. The zero-order valence-electron chi connectivity index (χ0n) is 20.1. The largest absolute Gasteiger partial charge is 0.503 e. The lowest BCUT2D eigenvalue weighted by molar-refractivity contribution is -0.117. The van der Waals surface area contributed by atoms with Crippen molar-refractivity contribution in [1.29, 1.82) is 0 Å². The quantitative estimate of drug-likeness (QED) is 0.321. The van der Waals surface area contributed by atoms with E-state index in [4.69, 9.17) is 4.74 Å². The second-order valence-corrected chi connectivity index (χ2v) is 9.58. The molecule has 36 heavy (non-hydrogen) atoms. The van der Waals surface area contributed by atoms with E-state index in [1.54, 1.807) is 44.4 Å². The SMILES string of the molecule is COc1ccc(C2C(C(=O)c3sc(-c4ccccc4)nc3C)=C(O)C(=O)N2c2cccc(C)c2)cc1. The molecule has 1 aromatic heterocycles. The number of ketones is 1. The Morgan fingerprint density at radius 2 is 1.72 bits per heavy atom. The van der Waals surface area contributed by atoms with Gasteiger partial charge in [-0.3, -0.25) is 14.5 Å². The lowest BCUT2D eigenvalue weighted by Crippen LogP contribution is -2.31. The Bertz CT molecular complexity index is 1490. The van der Waals surface area contributed by atoms with Gasteiger partial charge in [0.15, 0.2) is 5.76 Å². The molecule has 1 aliphatic heterocycles. The van der Waals surface area contributed by atoms with Crippen molar-refractivity contribution >= 4 is 28.7 Å². The smallest absolute Gasteiger partial charge is 0.294 e. The number of hydrogen-bond donors (Lipinski definition) is 1. The first-order valence-corrected chi connectivity index (χ1v) is 12.3. The van der Waals surface area contributed by atoms with Crippen LogP contribution in [0.25, 0.3) is 10.6 Å². The van der Waals surface area contributed by atoms with Gasteiger partial charge in [-0.2, -0.15) is 0 Å². The van der Waals surface area contributed by atoms with Gasteiger partial charge in [0.2, 0.25) is 5.78 Å². The first-order chi connectivity index (χ1) is 17.4. The summed E-state index contributed by atoms with van der Waals surface area (Å²) in [6, 6.07) is 23.4. The Morgan fingerprint density at radius 3 is 2.39 bits per heavy atom. The van der Waals surface area contributed by atoms with Crippen molar-refractivity contribution in [2.45, 2.75) is 19.9 Å². The molecule has 0 fully saturated rings. The number of carbonyl (C=O) groups excluding carboxylic acids is 2. The Balaban J connectivity index is 1.63. The summed E-state index contributed by atoms with van der Waals surface area (Å²) in [7, 11) is 1.57. The Morgan fingerprint density at radius 1 is 1.00 bits per heavy atom. The van der Waals surface area contributed by atoms with Gasteiger partial charge in [-0.15, -0.1) is 11.3 Å². The molecule has 7 heteroatoms. The molecule has 0 saturated carbocycles. The third kappa shape index (κ3) is 4.07. The van der Waals surface area contributed by atoms with Crippen LogP contribution in [0.5, 0.6) is 5.75 Å². The number of ether oxygens (including phenoxy) is 1. The van der Waals surface area contributed by atoms with Crippen molar-refractivity contribution in [3.05, 3.63) is 112 Å². The van der Waals surface area contributed by atoms with E-state index in [2.05, 4.69) is 4.98 Å². The zero-order chi connectivity index (χ0) is 25.4. The maximum atomic E-state index is 14.0. The van der Waals surface area contributed by atoms with Crippen molar-refractivity contribution in [2.75, 3.05) is 12.0 Å². The van der Waals surface area contributed by atoms with E-state index in [1.807, 2.05) is 55.5 Å². The van der Waals surface area contributed by atoms with Gasteiger partial charge in [-0.25, -0.2) is 4.98 Å². The van der Waals surface area contributed by atoms with Crippen LogP contribution in [-0.4, -0.2) is 28.9 Å². The van der Waals surface area contributed by atoms with Crippen LogP contribution in [0.15, 0.2) is 90.2 Å². The fraction of sp³-hybridized carbons (Fsp3) is 0.138. The van der Waals surface area contributed by atoms with E-state index < -0.39 is 23.5 Å². The van der Waals surface area contributed by atoms with Crippen LogP contribution in [0.2, 0.25) is 0 Å². The molecule has 1 atom stereocenters. The minimum Gasteiger partial charge on any atom is -0.503 e. The Labute approximate surface area is 213 Å². The summed E-state index contributed by atoms with van der Waals surface area (Å²) in [5.74, 6) is -0.919. The summed E-state index contributed by atoms with van der Waals surface area (Å²) in [5, 5.41) is 11.8. The third-order valence-electron chi connectivity index (χ3n) is 6.19. The van der Waals surface area contributed by atoms with Crippen molar-refractivity contribution in [3.8, 4) is 16.3 Å². The lowest BCUT2D eigenvalue weighted by Gasteiger charge is -2.27.